The van der Waals surface area contributed by atoms with Gasteiger partial charge in [0.2, 0.25) is 0 Å². The third kappa shape index (κ3) is 3.31. The van der Waals surface area contributed by atoms with Crippen LogP contribution in [-0.4, -0.2) is 59.9 Å². The van der Waals surface area contributed by atoms with Gasteiger partial charge in [0, 0.05) is 42.6 Å². The first-order valence-electron chi connectivity index (χ1n) is 9.06. The van der Waals surface area contributed by atoms with E-state index in [-0.39, 0.29) is 17.6 Å². The van der Waals surface area contributed by atoms with Crippen molar-refractivity contribution in [3.63, 3.8) is 0 Å². The van der Waals surface area contributed by atoms with Gasteiger partial charge in [-0.05, 0) is 36.4 Å². The number of ether oxygens (including phenoxy) is 1. The third-order valence-corrected chi connectivity index (χ3v) is 5.01. The second-order valence-corrected chi connectivity index (χ2v) is 6.70. The van der Waals surface area contributed by atoms with Crippen molar-refractivity contribution < 1.29 is 18.7 Å². The van der Waals surface area contributed by atoms with Crippen molar-refractivity contribution in [1.29, 1.82) is 0 Å². The number of aromatic amines is 1. The van der Waals surface area contributed by atoms with Gasteiger partial charge in [-0.1, -0.05) is 12.1 Å². The molecule has 1 aliphatic heterocycles. The zero-order valence-corrected chi connectivity index (χ0v) is 15.4. The van der Waals surface area contributed by atoms with E-state index in [1.807, 2.05) is 0 Å². The number of halogens is 1. The lowest BCUT2D eigenvalue weighted by Gasteiger charge is -2.34. The van der Waals surface area contributed by atoms with Crippen molar-refractivity contribution in [2.24, 2.45) is 0 Å². The fraction of sp³-hybridized carbons (Fsp3) is 0.238. The Morgan fingerprint density at radius 3 is 2.32 bits per heavy atom. The lowest BCUT2D eigenvalue weighted by Crippen LogP contribution is -2.50. The Labute approximate surface area is 161 Å². The van der Waals surface area contributed by atoms with E-state index in [0.717, 1.165) is 0 Å². The van der Waals surface area contributed by atoms with E-state index >= 15 is 0 Å². The molecule has 2 amide bonds. The number of fused-ring (bicyclic) bond motifs is 1. The molecule has 0 unspecified atom stereocenters. The maximum atomic E-state index is 13.9. The Morgan fingerprint density at radius 1 is 0.964 bits per heavy atom. The molecular formula is C21H20FN3O3. The molecule has 0 atom stereocenters. The molecule has 144 valence electrons. The molecule has 2 heterocycles. The summed E-state index contributed by atoms with van der Waals surface area (Å²) < 4.78 is 19.0. The molecule has 28 heavy (non-hydrogen) atoms. The van der Waals surface area contributed by atoms with Crippen LogP contribution in [0.1, 0.15) is 20.8 Å². The molecule has 0 spiro atoms. The van der Waals surface area contributed by atoms with Gasteiger partial charge in [0.1, 0.15) is 17.3 Å². The molecule has 2 aromatic carbocycles. The number of carbonyl (C=O) groups is 2. The van der Waals surface area contributed by atoms with E-state index < -0.39 is 0 Å². The number of nitrogens with zero attached hydrogens (tertiary/aromatic N) is 2. The first-order valence-corrected chi connectivity index (χ1v) is 9.06. The van der Waals surface area contributed by atoms with Crippen molar-refractivity contribution in [3.05, 3.63) is 65.6 Å². The van der Waals surface area contributed by atoms with E-state index in [2.05, 4.69) is 4.98 Å². The van der Waals surface area contributed by atoms with Gasteiger partial charge in [-0.2, -0.15) is 0 Å². The van der Waals surface area contributed by atoms with Gasteiger partial charge in [0.25, 0.3) is 11.8 Å². The van der Waals surface area contributed by atoms with Gasteiger partial charge in [0.15, 0.2) is 0 Å². The summed E-state index contributed by atoms with van der Waals surface area (Å²) in [5.74, 6) is -0.00465. The molecule has 6 nitrogen and oxygen atoms in total. The van der Waals surface area contributed by atoms with Gasteiger partial charge in [-0.15, -0.1) is 0 Å². The van der Waals surface area contributed by atoms with Gasteiger partial charge in [-0.25, -0.2) is 4.39 Å². The molecule has 0 radical (unpaired) electrons. The van der Waals surface area contributed by atoms with Crippen LogP contribution in [0.15, 0.2) is 48.5 Å². The summed E-state index contributed by atoms with van der Waals surface area (Å²) in [6.07, 6.45) is 0. The molecule has 1 aliphatic rings. The third-order valence-electron chi connectivity index (χ3n) is 5.01. The number of methoxy groups -OCH3 is 1. The molecule has 1 fully saturated rings. The van der Waals surface area contributed by atoms with Crippen molar-refractivity contribution in [2.75, 3.05) is 33.3 Å². The highest BCUT2D eigenvalue weighted by molar-refractivity contribution is 5.98. The van der Waals surface area contributed by atoms with Crippen molar-refractivity contribution >= 4 is 22.7 Å². The number of aromatic nitrogens is 1. The number of hydrogen-bond acceptors (Lipinski definition) is 3. The average molecular weight is 381 g/mol. The van der Waals surface area contributed by atoms with Gasteiger partial charge in [0.05, 0.1) is 7.11 Å². The maximum absolute atomic E-state index is 13.9. The molecule has 0 aliphatic carbocycles. The van der Waals surface area contributed by atoms with E-state index in [0.29, 0.717) is 54.1 Å². The van der Waals surface area contributed by atoms with Gasteiger partial charge in [-0.3, -0.25) is 9.59 Å². The van der Waals surface area contributed by atoms with E-state index in [4.69, 9.17) is 4.74 Å². The maximum Gasteiger partial charge on any atom is 0.270 e. The number of amides is 2. The van der Waals surface area contributed by atoms with Crippen LogP contribution in [0.4, 0.5) is 4.39 Å². The van der Waals surface area contributed by atoms with Crippen LogP contribution >= 0.6 is 0 Å². The Bertz CT molecular complexity index is 1040. The largest absolute Gasteiger partial charge is 0.497 e. The number of H-pyrrole nitrogens is 1. The van der Waals surface area contributed by atoms with Crippen molar-refractivity contribution in [2.45, 2.75) is 0 Å². The standard InChI is InChI=1S/C21H20FN3O3/c1-28-15-5-2-4-14(12-15)20(26)24-8-10-25(11-9-24)21(27)19-13-16-17(22)6-3-7-18(16)23-19/h2-7,12-13,23H,8-11H2,1H3. The smallest absolute Gasteiger partial charge is 0.270 e. The average Bonchev–Trinajstić information content (AvgIpc) is 3.18. The summed E-state index contributed by atoms with van der Waals surface area (Å²) in [7, 11) is 1.56. The van der Waals surface area contributed by atoms with E-state index in [1.165, 1.54) is 6.07 Å². The second-order valence-electron chi connectivity index (χ2n) is 6.70. The Morgan fingerprint density at radius 2 is 1.64 bits per heavy atom. The quantitative estimate of drug-likeness (QED) is 0.759. The topological polar surface area (TPSA) is 65.6 Å². The zero-order chi connectivity index (χ0) is 19.7. The fourth-order valence-corrected chi connectivity index (χ4v) is 3.46. The molecular weight excluding hydrogens is 361 g/mol. The minimum atomic E-state index is -0.360. The number of hydrogen-bond donors (Lipinski definition) is 1. The Hall–Kier alpha value is -3.35. The van der Waals surface area contributed by atoms with Gasteiger partial charge < -0.3 is 19.5 Å². The molecule has 0 bridgehead atoms. The molecule has 4 rings (SSSR count). The SMILES string of the molecule is COc1cccc(C(=O)N2CCN(C(=O)c3cc4c(F)cccc4[nH]3)CC2)c1. The highest BCUT2D eigenvalue weighted by atomic mass is 19.1. The first kappa shape index (κ1) is 18.0. The highest BCUT2D eigenvalue weighted by Gasteiger charge is 2.26. The number of benzene rings is 2. The Kier molecular flexibility index (Phi) is 4.73. The van der Waals surface area contributed by atoms with Crippen LogP contribution in [0.2, 0.25) is 0 Å². The Balaban J connectivity index is 1.43. The number of carbonyl (C=O) groups excluding carboxylic acids is 2. The molecule has 1 N–H and O–H groups in total. The fourth-order valence-electron chi connectivity index (χ4n) is 3.46. The molecule has 0 saturated carbocycles. The van der Waals surface area contributed by atoms with Crippen LogP contribution in [0.3, 0.4) is 0 Å². The lowest BCUT2D eigenvalue weighted by molar-refractivity contribution is 0.0532. The number of piperazine rings is 1. The second kappa shape index (κ2) is 7.34. The predicted molar refractivity (Wildman–Crippen MR) is 103 cm³/mol. The number of nitrogens with one attached hydrogen (secondary N) is 1. The summed E-state index contributed by atoms with van der Waals surface area (Å²) in [6.45, 7) is 1.73. The van der Waals surface area contributed by atoms with Crippen LogP contribution in [0.5, 0.6) is 5.75 Å². The summed E-state index contributed by atoms with van der Waals surface area (Å²) in [6, 6.07) is 13.3. The summed E-state index contributed by atoms with van der Waals surface area (Å²) in [4.78, 5) is 31.8. The summed E-state index contributed by atoms with van der Waals surface area (Å²) in [5, 5.41) is 0.401. The number of rotatable bonds is 3. The monoisotopic (exact) mass is 381 g/mol. The molecule has 3 aromatic rings. The summed E-state index contributed by atoms with van der Waals surface area (Å²) >= 11 is 0. The lowest BCUT2D eigenvalue weighted by atomic mass is 10.1. The first-order chi connectivity index (χ1) is 13.6. The van der Waals surface area contributed by atoms with Gasteiger partial charge >= 0.3 is 0 Å². The molecule has 1 aromatic heterocycles. The minimum absolute atomic E-state index is 0.0846. The predicted octanol–water partition coefficient (Wildman–Crippen LogP) is 2.91. The van der Waals surface area contributed by atoms with Crippen LogP contribution < -0.4 is 4.74 Å². The van der Waals surface area contributed by atoms with E-state index in [9.17, 15) is 14.0 Å². The highest BCUT2D eigenvalue weighted by Crippen LogP contribution is 2.21. The van der Waals surface area contributed by atoms with Crippen LogP contribution in [0.25, 0.3) is 10.9 Å². The van der Waals surface area contributed by atoms with E-state index in [1.54, 1.807) is 59.4 Å². The minimum Gasteiger partial charge on any atom is -0.497 e. The summed E-state index contributed by atoms with van der Waals surface area (Å²) in [5.41, 5.74) is 1.51. The molecule has 7 heteroatoms. The van der Waals surface area contributed by atoms with Crippen LogP contribution in [-0.2, 0) is 0 Å². The normalized spacial score (nSPS) is 14.4. The zero-order valence-electron chi connectivity index (χ0n) is 15.4. The molecule has 1 saturated heterocycles. The van der Waals surface area contributed by atoms with Crippen LogP contribution in [0, 0.1) is 5.82 Å². The van der Waals surface area contributed by atoms with Crippen molar-refractivity contribution in [1.82, 2.24) is 14.8 Å². The van der Waals surface area contributed by atoms with Crippen molar-refractivity contribution in [3.8, 4) is 5.75 Å².